The molecule has 0 unspecified atom stereocenters. The van der Waals surface area contributed by atoms with Crippen LogP contribution in [0, 0.1) is 5.92 Å². The third kappa shape index (κ3) is 4.32. The van der Waals surface area contributed by atoms with Crippen LogP contribution in [0.1, 0.15) is 38.3 Å². The molecule has 1 aliphatic heterocycles. The molecule has 25 heavy (non-hydrogen) atoms. The fourth-order valence-corrected chi connectivity index (χ4v) is 3.19. The number of benzene rings is 1. The largest absolute Gasteiger partial charge is 0.381 e. The summed E-state index contributed by atoms with van der Waals surface area (Å²) in [6, 6.07) is 8.80. The lowest BCUT2D eigenvalue weighted by Gasteiger charge is -2.32. The number of hydrogen-bond acceptors (Lipinski definition) is 4. The highest BCUT2D eigenvalue weighted by Crippen LogP contribution is 2.25. The van der Waals surface area contributed by atoms with Gasteiger partial charge in [-0.05, 0) is 44.9 Å². The summed E-state index contributed by atoms with van der Waals surface area (Å²) in [7, 11) is 0. The van der Waals surface area contributed by atoms with Crippen LogP contribution in [0.25, 0.3) is 0 Å². The van der Waals surface area contributed by atoms with Gasteiger partial charge in [0.1, 0.15) is 0 Å². The van der Waals surface area contributed by atoms with Crippen LogP contribution in [0.4, 0.5) is 11.4 Å². The van der Waals surface area contributed by atoms with Crippen molar-refractivity contribution >= 4 is 17.3 Å². The minimum Gasteiger partial charge on any atom is -0.381 e. The fraction of sp³-hybridized carbons (Fsp3) is 0.474. The number of nitrogens with zero attached hydrogens (tertiary/aromatic N) is 3. The molecule has 1 aromatic carbocycles. The van der Waals surface area contributed by atoms with E-state index in [1.807, 2.05) is 10.9 Å². The van der Waals surface area contributed by atoms with Gasteiger partial charge < -0.3 is 16.0 Å². The van der Waals surface area contributed by atoms with Gasteiger partial charge in [0, 0.05) is 54.7 Å². The second-order valence-corrected chi connectivity index (χ2v) is 6.99. The van der Waals surface area contributed by atoms with Gasteiger partial charge in [-0.15, -0.1) is 0 Å². The summed E-state index contributed by atoms with van der Waals surface area (Å²) >= 11 is 0. The van der Waals surface area contributed by atoms with Crippen LogP contribution < -0.4 is 16.0 Å². The molecular formula is C19H27N5O. The molecule has 1 aromatic heterocycles. The van der Waals surface area contributed by atoms with Crippen LogP contribution in [0.15, 0.2) is 36.7 Å². The quantitative estimate of drug-likeness (QED) is 0.847. The summed E-state index contributed by atoms with van der Waals surface area (Å²) in [4.78, 5) is 13.6. The Labute approximate surface area is 149 Å². The number of nitrogens with one attached hydrogen (secondary N) is 1. The third-order valence-electron chi connectivity index (χ3n) is 4.79. The van der Waals surface area contributed by atoms with Gasteiger partial charge >= 0.3 is 0 Å². The van der Waals surface area contributed by atoms with Crippen molar-refractivity contribution in [3.63, 3.8) is 0 Å². The highest BCUT2D eigenvalue weighted by Gasteiger charge is 2.23. The number of rotatable bonds is 6. The number of hydrogen-bond donors (Lipinski definition) is 2. The van der Waals surface area contributed by atoms with Crippen molar-refractivity contribution in [1.82, 2.24) is 9.78 Å². The van der Waals surface area contributed by atoms with E-state index in [-0.39, 0.29) is 11.8 Å². The molecule has 6 heteroatoms. The lowest BCUT2D eigenvalue weighted by molar-refractivity contribution is -0.122. The lowest BCUT2D eigenvalue weighted by atomic mass is 9.96. The molecule has 0 spiro atoms. The SMILES string of the molecule is CC(C)n1cc(CNc2cccc(N3CCC(C(N)=O)CC3)c2)cn1. The van der Waals surface area contributed by atoms with Gasteiger partial charge in [-0.1, -0.05) is 6.07 Å². The van der Waals surface area contributed by atoms with Crippen molar-refractivity contribution in [2.75, 3.05) is 23.3 Å². The second kappa shape index (κ2) is 7.59. The van der Waals surface area contributed by atoms with Crippen molar-refractivity contribution in [1.29, 1.82) is 0 Å². The Balaban J connectivity index is 1.59. The molecule has 0 atom stereocenters. The summed E-state index contributed by atoms with van der Waals surface area (Å²) in [5.74, 6) is -0.146. The normalized spacial score (nSPS) is 15.6. The van der Waals surface area contributed by atoms with E-state index in [1.165, 1.54) is 11.3 Å². The van der Waals surface area contributed by atoms with E-state index >= 15 is 0 Å². The average molecular weight is 341 g/mol. The number of carbonyl (C=O) groups excluding carboxylic acids is 1. The Morgan fingerprint density at radius 1 is 1.36 bits per heavy atom. The summed E-state index contributed by atoms with van der Waals surface area (Å²) in [6.07, 6.45) is 5.66. The number of piperidine rings is 1. The van der Waals surface area contributed by atoms with E-state index in [0.29, 0.717) is 6.04 Å². The first-order valence-corrected chi connectivity index (χ1v) is 8.94. The Bertz CT molecular complexity index is 716. The Kier molecular flexibility index (Phi) is 5.26. The van der Waals surface area contributed by atoms with E-state index in [4.69, 9.17) is 5.73 Å². The lowest BCUT2D eigenvalue weighted by Crippen LogP contribution is -2.38. The van der Waals surface area contributed by atoms with Crippen molar-refractivity contribution < 1.29 is 4.79 Å². The van der Waals surface area contributed by atoms with Crippen molar-refractivity contribution in [2.45, 2.75) is 39.3 Å². The van der Waals surface area contributed by atoms with E-state index in [9.17, 15) is 4.79 Å². The minimum absolute atomic E-state index is 0.0232. The first-order valence-electron chi connectivity index (χ1n) is 8.94. The molecule has 1 fully saturated rings. The van der Waals surface area contributed by atoms with Crippen molar-refractivity contribution in [2.24, 2.45) is 11.7 Å². The average Bonchev–Trinajstić information content (AvgIpc) is 3.10. The van der Waals surface area contributed by atoms with Crippen LogP contribution in [-0.2, 0) is 11.3 Å². The van der Waals surface area contributed by atoms with Gasteiger partial charge in [-0.25, -0.2) is 0 Å². The topological polar surface area (TPSA) is 76.2 Å². The maximum Gasteiger partial charge on any atom is 0.220 e. The van der Waals surface area contributed by atoms with E-state index in [2.05, 4.69) is 59.6 Å². The van der Waals surface area contributed by atoms with Crippen LogP contribution in [0.5, 0.6) is 0 Å². The van der Waals surface area contributed by atoms with Gasteiger partial charge in [0.15, 0.2) is 0 Å². The van der Waals surface area contributed by atoms with Crippen molar-refractivity contribution in [3.8, 4) is 0 Å². The number of anilines is 2. The molecule has 0 aliphatic carbocycles. The summed E-state index contributed by atoms with van der Waals surface area (Å²) in [5, 5.41) is 7.84. The molecule has 1 amide bonds. The Hall–Kier alpha value is -2.50. The number of carbonyl (C=O) groups is 1. The standard InChI is InChI=1S/C19H27N5O/c1-14(2)24-13-15(12-22-24)11-21-17-4-3-5-18(10-17)23-8-6-16(7-9-23)19(20)25/h3-5,10,12-14,16,21H,6-9,11H2,1-2H3,(H2,20,25). The highest BCUT2D eigenvalue weighted by molar-refractivity contribution is 5.77. The Morgan fingerprint density at radius 2 is 2.12 bits per heavy atom. The maximum absolute atomic E-state index is 11.3. The zero-order valence-electron chi connectivity index (χ0n) is 15.0. The predicted octanol–water partition coefficient (Wildman–Crippen LogP) is 2.78. The predicted molar refractivity (Wildman–Crippen MR) is 101 cm³/mol. The van der Waals surface area contributed by atoms with E-state index < -0.39 is 0 Å². The summed E-state index contributed by atoms with van der Waals surface area (Å²) < 4.78 is 1.97. The molecule has 0 radical (unpaired) electrons. The highest BCUT2D eigenvalue weighted by atomic mass is 16.1. The van der Waals surface area contributed by atoms with Crippen LogP contribution in [0.3, 0.4) is 0 Å². The number of nitrogens with two attached hydrogens (primary N) is 1. The number of amides is 1. The zero-order chi connectivity index (χ0) is 17.8. The summed E-state index contributed by atoms with van der Waals surface area (Å²) in [6.45, 7) is 6.74. The molecule has 2 aromatic rings. The molecule has 0 bridgehead atoms. The molecule has 134 valence electrons. The maximum atomic E-state index is 11.3. The third-order valence-corrected chi connectivity index (χ3v) is 4.79. The number of aromatic nitrogens is 2. The molecule has 1 aliphatic rings. The molecule has 1 saturated heterocycles. The van der Waals surface area contributed by atoms with Gasteiger partial charge in [-0.3, -0.25) is 9.48 Å². The summed E-state index contributed by atoms with van der Waals surface area (Å²) in [5.41, 5.74) is 8.86. The fourth-order valence-electron chi connectivity index (χ4n) is 3.19. The Morgan fingerprint density at radius 3 is 2.76 bits per heavy atom. The van der Waals surface area contributed by atoms with Gasteiger partial charge in [0.25, 0.3) is 0 Å². The molecule has 3 N–H and O–H groups in total. The smallest absolute Gasteiger partial charge is 0.220 e. The van der Waals surface area contributed by atoms with Crippen LogP contribution >= 0.6 is 0 Å². The van der Waals surface area contributed by atoms with E-state index in [1.54, 1.807) is 0 Å². The molecule has 6 nitrogen and oxygen atoms in total. The molecule has 3 rings (SSSR count). The van der Waals surface area contributed by atoms with E-state index in [0.717, 1.165) is 38.2 Å². The number of primary amides is 1. The van der Waals surface area contributed by atoms with Gasteiger partial charge in [0.05, 0.1) is 6.20 Å². The first kappa shape index (κ1) is 17.3. The minimum atomic E-state index is -0.169. The monoisotopic (exact) mass is 341 g/mol. The zero-order valence-corrected chi connectivity index (χ0v) is 15.0. The van der Waals surface area contributed by atoms with Crippen LogP contribution in [0.2, 0.25) is 0 Å². The molecule has 0 saturated carbocycles. The molecular weight excluding hydrogens is 314 g/mol. The second-order valence-electron chi connectivity index (χ2n) is 6.99. The van der Waals surface area contributed by atoms with Crippen molar-refractivity contribution in [3.05, 3.63) is 42.2 Å². The first-order chi connectivity index (χ1) is 12.0. The van der Waals surface area contributed by atoms with Gasteiger partial charge in [-0.2, -0.15) is 5.10 Å². The molecule has 2 heterocycles. The van der Waals surface area contributed by atoms with Crippen LogP contribution in [-0.4, -0.2) is 28.8 Å². The van der Waals surface area contributed by atoms with Gasteiger partial charge in [0.2, 0.25) is 5.91 Å².